The van der Waals surface area contributed by atoms with Crippen LogP contribution in [0.3, 0.4) is 0 Å². The summed E-state index contributed by atoms with van der Waals surface area (Å²) in [5.74, 6) is 0.355. The molecule has 4 heteroatoms. The van der Waals surface area contributed by atoms with Crippen LogP contribution in [-0.4, -0.2) is 37.6 Å². The van der Waals surface area contributed by atoms with E-state index in [1.165, 1.54) is 6.42 Å². The summed E-state index contributed by atoms with van der Waals surface area (Å²) in [6.07, 6.45) is 3.00. The largest absolute Gasteiger partial charge is 0.339 e. The molecule has 1 saturated carbocycles. The first-order valence-electron chi connectivity index (χ1n) is 4.80. The summed E-state index contributed by atoms with van der Waals surface area (Å²) in [6.45, 7) is 0.693. The van der Waals surface area contributed by atoms with E-state index >= 15 is 0 Å². The Kier molecular flexibility index (Phi) is 3.69. The van der Waals surface area contributed by atoms with Gasteiger partial charge in [0.15, 0.2) is 0 Å². The molecule has 1 atom stereocenters. The number of hydrogen-bond donors (Lipinski definition) is 2. The number of carbonyl (C=O) groups excluding carboxylic acids is 1. The van der Waals surface area contributed by atoms with Crippen molar-refractivity contribution in [2.24, 2.45) is 11.7 Å². The van der Waals surface area contributed by atoms with E-state index in [-0.39, 0.29) is 18.0 Å². The molecule has 0 saturated heterocycles. The Bertz CT molecular complexity index is 178. The molecule has 1 unspecified atom stereocenters. The zero-order valence-electron chi connectivity index (χ0n) is 8.42. The molecule has 1 aliphatic carbocycles. The minimum Gasteiger partial charge on any atom is -0.339 e. The van der Waals surface area contributed by atoms with E-state index in [0.29, 0.717) is 6.54 Å². The van der Waals surface area contributed by atoms with Gasteiger partial charge in [-0.05, 0) is 26.9 Å². The van der Waals surface area contributed by atoms with Crippen molar-refractivity contribution in [1.29, 1.82) is 0 Å². The Morgan fingerprint density at radius 1 is 1.62 bits per heavy atom. The van der Waals surface area contributed by atoms with Crippen molar-refractivity contribution in [2.45, 2.75) is 25.4 Å². The predicted molar refractivity (Wildman–Crippen MR) is 52.0 cm³/mol. The van der Waals surface area contributed by atoms with Crippen LogP contribution < -0.4 is 11.1 Å². The Balaban J connectivity index is 2.18. The van der Waals surface area contributed by atoms with Crippen LogP contribution in [0.25, 0.3) is 0 Å². The van der Waals surface area contributed by atoms with Gasteiger partial charge in [-0.1, -0.05) is 6.42 Å². The highest BCUT2D eigenvalue weighted by atomic mass is 16.2. The third-order valence-corrected chi connectivity index (χ3v) is 2.37. The van der Waals surface area contributed by atoms with Crippen molar-refractivity contribution in [3.8, 4) is 0 Å². The Hall–Kier alpha value is -0.610. The summed E-state index contributed by atoms with van der Waals surface area (Å²) >= 11 is 0. The molecule has 0 heterocycles. The number of hydrogen-bond acceptors (Lipinski definition) is 3. The highest BCUT2D eigenvalue weighted by Gasteiger charge is 2.25. The standard InChI is InChI=1S/C9H19N3O/c1-12(2)6-8(10)11-9(13)7-4-3-5-7/h7-8H,3-6,10H2,1-2H3,(H,11,13). The third kappa shape index (κ3) is 3.32. The minimum absolute atomic E-state index is 0.126. The normalized spacial score (nSPS) is 19.7. The molecule has 0 aromatic heterocycles. The number of nitrogens with zero attached hydrogens (tertiary/aromatic N) is 1. The van der Waals surface area contributed by atoms with Gasteiger partial charge in [-0.15, -0.1) is 0 Å². The van der Waals surface area contributed by atoms with Gasteiger partial charge in [0.1, 0.15) is 0 Å². The van der Waals surface area contributed by atoms with Crippen LogP contribution in [0.15, 0.2) is 0 Å². The van der Waals surface area contributed by atoms with E-state index in [2.05, 4.69) is 5.32 Å². The first kappa shape index (κ1) is 10.5. The predicted octanol–water partition coefficient (Wildman–Crippen LogP) is -0.251. The monoisotopic (exact) mass is 185 g/mol. The summed E-state index contributed by atoms with van der Waals surface area (Å²) in [6, 6.07) is 0. The highest BCUT2D eigenvalue weighted by Crippen LogP contribution is 2.26. The topological polar surface area (TPSA) is 58.4 Å². The van der Waals surface area contributed by atoms with Gasteiger partial charge in [-0.25, -0.2) is 0 Å². The fourth-order valence-electron chi connectivity index (χ4n) is 1.41. The van der Waals surface area contributed by atoms with Crippen molar-refractivity contribution in [1.82, 2.24) is 10.2 Å². The number of nitrogens with one attached hydrogen (secondary N) is 1. The molecule has 3 N–H and O–H groups in total. The maximum atomic E-state index is 11.4. The minimum atomic E-state index is -0.233. The van der Waals surface area contributed by atoms with E-state index in [1.54, 1.807) is 0 Å². The van der Waals surface area contributed by atoms with Crippen molar-refractivity contribution < 1.29 is 4.79 Å². The van der Waals surface area contributed by atoms with Crippen LogP contribution in [0.2, 0.25) is 0 Å². The van der Waals surface area contributed by atoms with Gasteiger partial charge in [-0.2, -0.15) is 0 Å². The summed E-state index contributed by atoms with van der Waals surface area (Å²) < 4.78 is 0. The molecule has 0 aromatic carbocycles. The lowest BCUT2D eigenvalue weighted by Crippen LogP contribution is -2.50. The second-order valence-corrected chi connectivity index (χ2v) is 4.01. The van der Waals surface area contributed by atoms with Gasteiger partial charge in [0.05, 0.1) is 6.17 Å². The van der Waals surface area contributed by atoms with Gasteiger partial charge in [0.2, 0.25) is 5.91 Å². The van der Waals surface area contributed by atoms with Crippen LogP contribution in [0.1, 0.15) is 19.3 Å². The third-order valence-electron chi connectivity index (χ3n) is 2.37. The van der Waals surface area contributed by atoms with E-state index in [1.807, 2.05) is 19.0 Å². The van der Waals surface area contributed by atoms with Gasteiger partial charge in [0.25, 0.3) is 0 Å². The molecule has 0 aliphatic heterocycles. The summed E-state index contributed by atoms with van der Waals surface area (Å²) in [5.41, 5.74) is 5.72. The number of amides is 1. The van der Waals surface area contributed by atoms with Crippen LogP contribution >= 0.6 is 0 Å². The first-order chi connectivity index (χ1) is 6.09. The molecule has 0 aromatic rings. The fourth-order valence-corrected chi connectivity index (χ4v) is 1.41. The second-order valence-electron chi connectivity index (χ2n) is 4.01. The van der Waals surface area contributed by atoms with Crippen molar-refractivity contribution in [3.05, 3.63) is 0 Å². The van der Waals surface area contributed by atoms with E-state index in [0.717, 1.165) is 12.8 Å². The zero-order chi connectivity index (χ0) is 9.84. The maximum absolute atomic E-state index is 11.4. The molecule has 0 radical (unpaired) electrons. The van der Waals surface area contributed by atoms with E-state index < -0.39 is 0 Å². The summed E-state index contributed by atoms with van der Waals surface area (Å²) in [5, 5.41) is 2.81. The smallest absolute Gasteiger partial charge is 0.224 e. The van der Waals surface area contributed by atoms with Gasteiger partial charge in [-0.3, -0.25) is 4.79 Å². The Morgan fingerprint density at radius 2 is 2.23 bits per heavy atom. The Morgan fingerprint density at radius 3 is 2.62 bits per heavy atom. The molecular formula is C9H19N3O. The van der Waals surface area contributed by atoms with Crippen LogP contribution in [0, 0.1) is 5.92 Å². The molecule has 0 bridgehead atoms. The van der Waals surface area contributed by atoms with Crippen molar-refractivity contribution >= 4 is 5.91 Å². The fraction of sp³-hybridized carbons (Fsp3) is 0.889. The lowest BCUT2D eigenvalue weighted by Gasteiger charge is -2.26. The molecule has 1 amide bonds. The summed E-state index contributed by atoms with van der Waals surface area (Å²) in [4.78, 5) is 13.4. The first-order valence-corrected chi connectivity index (χ1v) is 4.80. The van der Waals surface area contributed by atoms with Crippen LogP contribution in [-0.2, 0) is 4.79 Å². The van der Waals surface area contributed by atoms with Gasteiger partial charge in [0, 0.05) is 12.5 Å². The maximum Gasteiger partial charge on any atom is 0.224 e. The zero-order valence-corrected chi connectivity index (χ0v) is 8.42. The molecule has 1 rings (SSSR count). The number of nitrogens with two attached hydrogens (primary N) is 1. The van der Waals surface area contributed by atoms with Crippen LogP contribution in [0.4, 0.5) is 0 Å². The molecule has 13 heavy (non-hydrogen) atoms. The lowest BCUT2D eigenvalue weighted by molar-refractivity contribution is -0.128. The van der Waals surface area contributed by atoms with Crippen LogP contribution in [0.5, 0.6) is 0 Å². The SMILES string of the molecule is CN(C)CC(N)NC(=O)C1CCC1. The quantitative estimate of drug-likeness (QED) is 0.594. The molecule has 76 valence electrons. The summed E-state index contributed by atoms with van der Waals surface area (Å²) in [7, 11) is 3.88. The average molecular weight is 185 g/mol. The van der Waals surface area contributed by atoms with Gasteiger partial charge < -0.3 is 16.0 Å². The van der Waals surface area contributed by atoms with Crippen molar-refractivity contribution in [3.63, 3.8) is 0 Å². The molecule has 4 nitrogen and oxygen atoms in total. The number of likely N-dealkylation sites (N-methyl/N-ethyl adjacent to an activating group) is 1. The number of carbonyl (C=O) groups is 1. The Labute approximate surface area is 79.5 Å². The highest BCUT2D eigenvalue weighted by molar-refractivity contribution is 5.79. The van der Waals surface area contributed by atoms with E-state index in [9.17, 15) is 4.79 Å². The molecule has 1 fully saturated rings. The number of rotatable bonds is 4. The molecule has 0 spiro atoms. The van der Waals surface area contributed by atoms with E-state index in [4.69, 9.17) is 5.73 Å². The van der Waals surface area contributed by atoms with Gasteiger partial charge >= 0.3 is 0 Å². The van der Waals surface area contributed by atoms with Crippen molar-refractivity contribution in [2.75, 3.05) is 20.6 Å². The average Bonchev–Trinajstić information content (AvgIpc) is 1.78. The second kappa shape index (κ2) is 4.58. The lowest BCUT2D eigenvalue weighted by atomic mass is 9.85. The molecule has 1 aliphatic rings. The molecular weight excluding hydrogens is 166 g/mol.